The average molecular weight is 628 g/mol. The number of amides is 1. The fraction of sp³-hybridized carbons (Fsp3) is 0.375. The number of hydrazine groups is 1. The Morgan fingerprint density at radius 2 is 1.63 bits per heavy atom. The van der Waals surface area contributed by atoms with E-state index in [1.165, 1.54) is 0 Å². The number of rotatable bonds is 18. The molecule has 3 N–H and O–H groups in total. The Bertz CT molecular complexity index is 1590. The lowest BCUT2D eigenvalue weighted by Gasteiger charge is -2.32. The van der Waals surface area contributed by atoms with Gasteiger partial charge in [0, 0.05) is 55.1 Å². The minimum absolute atomic E-state index is 0.0304. The van der Waals surface area contributed by atoms with Gasteiger partial charge in [-0.15, -0.1) is 0 Å². The van der Waals surface area contributed by atoms with Crippen LogP contribution in [0.25, 0.3) is 20.9 Å². The number of benzene rings is 3. The van der Waals surface area contributed by atoms with Gasteiger partial charge in [0.1, 0.15) is 5.75 Å². The van der Waals surface area contributed by atoms with E-state index in [0.717, 1.165) is 11.1 Å². The first-order valence-electron chi connectivity index (χ1n) is 14.9. The maximum Gasteiger partial charge on any atom is 0.266 e. The number of hydrogen-bond acceptors (Lipinski definition) is 9. The third-order valence-corrected chi connectivity index (χ3v) is 7.41. The van der Waals surface area contributed by atoms with Crippen molar-refractivity contribution in [1.82, 2.24) is 10.9 Å². The second kappa shape index (κ2) is 17.4. The van der Waals surface area contributed by atoms with Crippen LogP contribution in [0, 0.1) is 0 Å². The van der Waals surface area contributed by atoms with E-state index < -0.39 is 17.6 Å². The van der Waals surface area contributed by atoms with Gasteiger partial charge >= 0.3 is 0 Å². The molecule has 0 aromatic heterocycles. The molecular weight excluding hydrogens is 590 g/mol. The van der Waals surface area contributed by atoms with E-state index in [1.807, 2.05) is 48.5 Å². The maximum atomic E-state index is 14.4. The second-order valence-corrected chi connectivity index (χ2v) is 10.4. The summed E-state index contributed by atoms with van der Waals surface area (Å²) in [6, 6.07) is 21.9. The highest BCUT2D eigenvalue weighted by molar-refractivity contribution is 6.01. The van der Waals surface area contributed by atoms with Gasteiger partial charge in [-0.25, -0.2) is 10.4 Å². The summed E-state index contributed by atoms with van der Waals surface area (Å²) in [7, 11) is 1.61. The Hall–Kier alpha value is -5.10. The number of ether oxygens (including phenoxy) is 3. The van der Waals surface area contributed by atoms with Crippen LogP contribution in [0.5, 0.6) is 5.75 Å². The predicted molar refractivity (Wildman–Crippen MR) is 172 cm³/mol. The summed E-state index contributed by atoms with van der Waals surface area (Å²) < 4.78 is 17.4. The number of azide groups is 2. The minimum Gasteiger partial charge on any atom is -0.494 e. The summed E-state index contributed by atoms with van der Waals surface area (Å²) in [4.78, 5) is 25.3. The van der Waals surface area contributed by atoms with Gasteiger partial charge in [0.05, 0.1) is 19.7 Å². The van der Waals surface area contributed by atoms with E-state index >= 15 is 0 Å². The normalized spacial score (nSPS) is 16.8. The van der Waals surface area contributed by atoms with E-state index in [4.69, 9.17) is 35.4 Å². The zero-order chi connectivity index (χ0) is 32.6. The molecule has 1 heterocycles. The number of nitrogens with one attached hydrogen (secondary N) is 2. The number of aliphatic imine (C=N–C) groups is 1. The first kappa shape index (κ1) is 33.8. The quantitative estimate of drug-likeness (QED) is 0.0567. The standard InChI is InChI=1S/C32H37N9O5/c1-44-18-6-16-35-39-31(43)32(20-24-8-2-3-9-25(24)21-36-40-33)29(28-11-5-4-10-26(28)22-37-41-34)46-30(38-32)23-12-14-27(15-13-23)45-19-7-17-42/h2-5,8-15,29,35,42H,6-7,16-22H2,1H3,(H,39,43)/t29-,32-/m0/s1. The Kier molecular flexibility index (Phi) is 12.8. The van der Waals surface area contributed by atoms with Gasteiger partial charge in [0.2, 0.25) is 5.90 Å². The van der Waals surface area contributed by atoms with Crippen LogP contribution >= 0.6 is 0 Å². The molecule has 2 atom stereocenters. The summed E-state index contributed by atoms with van der Waals surface area (Å²) in [5, 5.41) is 16.6. The number of nitrogens with zero attached hydrogens (tertiary/aromatic N) is 7. The molecule has 14 heteroatoms. The van der Waals surface area contributed by atoms with Crippen LogP contribution in [0.15, 0.2) is 88.0 Å². The van der Waals surface area contributed by atoms with Crippen LogP contribution in [0.4, 0.5) is 0 Å². The number of carbonyl (C=O) groups is 1. The lowest BCUT2D eigenvalue weighted by Crippen LogP contribution is -2.54. The molecule has 0 aliphatic carbocycles. The Labute approximate surface area is 266 Å². The van der Waals surface area contributed by atoms with Crippen molar-refractivity contribution in [2.75, 3.05) is 33.5 Å². The summed E-state index contributed by atoms with van der Waals surface area (Å²) in [6.07, 6.45) is 0.338. The first-order chi connectivity index (χ1) is 22.6. The monoisotopic (exact) mass is 627 g/mol. The maximum absolute atomic E-state index is 14.4. The van der Waals surface area contributed by atoms with Gasteiger partial charge in [-0.2, -0.15) is 0 Å². The number of hydrogen-bond donors (Lipinski definition) is 3. The molecule has 1 aliphatic heterocycles. The van der Waals surface area contributed by atoms with E-state index in [9.17, 15) is 4.79 Å². The SMILES string of the molecule is COCCCNNC(=O)[C@@]1(Cc2ccccc2CN=[N+]=[N-])N=C(c2ccc(OCCCO)cc2)O[C@H]1c1ccccc1CN=[N+]=[N-]. The molecule has 3 aromatic rings. The van der Waals surface area contributed by atoms with Crippen LogP contribution in [0.1, 0.15) is 46.8 Å². The minimum atomic E-state index is -1.54. The van der Waals surface area contributed by atoms with Gasteiger partial charge in [0.25, 0.3) is 5.91 Å². The van der Waals surface area contributed by atoms with E-state index in [1.54, 1.807) is 31.4 Å². The molecule has 0 saturated carbocycles. The molecule has 240 valence electrons. The third kappa shape index (κ3) is 8.54. The number of aliphatic hydroxyl groups excluding tert-OH is 1. The summed E-state index contributed by atoms with van der Waals surface area (Å²) in [5.41, 5.74) is 25.8. The largest absolute Gasteiger partial charge is 0.494 e. The van der Waals surface area contributed by atoms with Gasteiger partial charge in [-0.05, 0) is 64.0 Å². The van der Waals surface area contributed by atoms with E-state index in [0.29, 0.717) is 55.0 Å². The molecule has 0 spiro atoms. The third-order valence-electron chi connectivity index (χ3n) is 7.41. The molecule has 0 bridgehead atoms. The van der Waals surface area contributed by atoms with Gasteiger partial charge in [-0.3, -0.25) is 10.2 Å². The molecule has 14 nitrogen and oxygen atoms in total. The molecule has 0 fully saturated rings. The topological polar surface area (TPSA) is 199 Å². The highest BCUT2D eigenvalue weighted by Gasteiger charge is 2.54. The molecule has 0 radical (unpaired) electrons. The van der Waals surface area contributed by atoms with Crippen molar-refractivity contribution in [3.8, 4) is 5.75 Å². The Balaban J connectivity index is 1.84. The molecular formula is C32H37N9O5. The first-order valence-corrected chi connectivity index (χ1v) is 14.9. The van der Waals surface area contributed by atoms with Crippen molar-refractivity contribution >= 4 is 11.8 Å². The van der Waals surface area contributed by atoms with E-state index in [-0.39, 0.29) is 32.0 Å². The molecule has 0 saturated heterocycles. The number of aliphatic hydroxyl groups is 1. The predicted octanol–water partition coefficient (Wildman–Crippen LogP) is 5.23. The van der Waals surface area contributed by atoms with Gasteiger partial charge in [-0.1, -0.05) is 58.8 Å². The number of methoxy groups -OCH3 is 1. The fourth-order valence-corrected chi connectivity index (χ4v) is 5.14. The van der Waals surface area contributed by atoms with Crippen molar-refractivity contribution in [1.29, 1.82) is 0 Å². The zero-order valence-electron chi connectivity index (χ0n) is 25.6. The van der Waals surface area contributed by atoms with Crippen LogP contribution in [-0.2, 0) is 33.8 Å². The van der Waals surface area contributed by atoms with Crippen LogP contribution < -0.4 is 15.6 Å². The lowest BCUT2D eigenvalue weighted by atomic mass is 9.80. The highest BCUT2D eigenvalue weighted by atomic mass is 16.5. The van der Waals surface area contributed by atoms with Crippen molar-refractivity contribution in [2.24, 2.45) is 15.2 Å². The molecule has 46 heavy (non-hydrogen) atoms. The zero-order valence-corrected chi connectivity index (χ0v) is 25.6. The summed E-state index contributed by atoms with van der Waals surface area (Å²) >= 11 is 0. The molecule has 1 aliphatic rings. The molecule has 4 rings (SSSR count). The van der Waals surface area contributed by atoms with Crippen LogP contribution in [0.3, 0.4) is 0 Å². The van der Waals surface area contributed by atoms with E-state index in [2.05, 4.69) is 30.9 Å². The fourth-order valence-electron chi connectivity index (χ4n) is 5.14. The van der Waals surface area contributed by atoms with Crippen molar-refractivity contribution in [3.05, 3.63) is 121 Å². The smallest absolute Gasteiger partial charge is 0.266 e. The Morgan fingerprint density at radius 1 is 0.957 bits per heavy atom. The lowest BCUT2D eigenvalue weighted by molar-refractivity contribution is -0.130. The van der Waals surface area contributed by atoms with Crippen molar-refractivity contribution in [2.45, 2.75) is 44.0 Å². The van der Waals surface area contributed by atoms with Crippen LogP contribution in [-0.4, -0.2) is 55.9 Å². The number of carbonyl (C=O) groups excluding carboxylic acids is 1. The second-order valence-electron chi connectivity index (χ2n) is 10.4. The van der Waals surface area contributed by atoms with Gasteiger partial charge < -0.3 is 19.3 Å². The Morgan fingerprint density at radius 3 is 2.33 bits per heavy atom. The summed E-state index contributed by atoms with van der Waals surface area (Å²) in [6.45, 7) is 1.50. The molecule has 1 amide bonds. The van der Waals surface area contributed by atoms with Gasteiger partial charge in [0.15, 0.2) is 11.6 Å². The van der Waals surface area contributed by atoms with Crippen molar-refractivity contribution in [3.63, 3.8) is 0 Å². The summed E-state index contributed by atoms with van der Waals surface area (Å²) in [5.74, 6) is 0.418. The molecule has 0 unspecified atom stereocenters. The van der Waals surface area contributed by atoms with Crippen molar-refractivity contribution < 1.29 is 24.1 Å². The van der Waals surface area contributed by atoms with Crippen LogP contribution in [0.2, 0.25) is 0 Å². The average Bonchev–Trinajstić information content (AvgIpc) is 3.47. The molecule has 3 aromatic carbocycles. The highest BCUT2D eigenvalue weighted by Crippen LogP contribution is 2.44.